The molecular weight excluding hydrogens is 294 g/mol. The maximum Gasteiger partial charge on any atom is 0.261 e. The molecule has 2 aromatic rings. The van der Waals surface area contributed by atoms with E-state index in [1.165, 1.54) is 0 Å². The highest BCUT2D eigenvalue weighted by Gasteiger charge is 2.15. The zero-order valence-electron chi connectivity index (χ0n) is 11.4. The summed E-state index contributed by atoms with van der Waals surface area (Å²) in [7, 11) is -3.58. The van der Waals surface area contributed by atoms with Crippen molar-refractivity contribution in [3.05, 3.63) is 59.2 Å². The maximum absolute atomic E-state index is 12.3. The number of benzene rings is 2. The molecule has 0 saturated heterocycles. The smallest absolute Gasteiger partial charge is 0.261 e. The molecule has 0 aliphatic heterocycles. The number of hydrogen-bond acceptors (Lipinski definition) is 2. The summed E-state index contributed by atoms with van der Waals surface area (Å²) in [5, 5.41) is 0. The Kier molecular flexibility index (Phi) is 4.35. The van der Waals surface area contributed by atoms with E-state index in [0.29, 0.717) is 5.69 Å². The van der Waals surface area contributed by atoms with Gasteiger partial charge in [-0.15, -0.1) is 11.6 Å². The van der Waals surface area contributed by atoms with Crippen molar-refractivity contribution in [2.75, 3.05) is 4.72 Å². The van der Waals surface area contributed by atoms with Crippen LogP contribution in [0, 0.1) is 13.8 Å². The topological polar surface area (TPSA) is 46.2 Å². The number of halogens is 1. The van der Waals surface area contributed by atoms with Crippen molar-refractivity contribution in [2.24, 2.45) is 0 Å². The minimum atomic E-state index is -3.58. The highest BCUT2D eigenvalue weighted by molar-refractivity contribution is 7.92. The van der Waals surface area contributed by atoms with Crippen LogP contribution in [-0.4, -0.2) is 8.42 Å². The molecule has 3 nitrogen and oxygen atoms in total. The van der Waals surface area contributed by atoms with Crippen LogP contribution in [0.3, 0.4) is 0 Å². The summed E-state index contributed by atoms with van der Waals surface area (Å²) in [4.78, 5) is 0.240. The average Bonchev–Trinajstić information content (AvgIpc) is 2.41. The van der Waals surface area contributed by atoms with Crippen molar-refractivity contribution in [2.45, 2.75) is 24.6 Å². The minimum absolute atomic E-state index is 0.240. The summed E-state index contributed by atoms with van der Waals surface area (Å²) in [6.45, 7) is 3.85. The molecule has 2 aromatic carbocycles. The molecule has 0 atom stereocenters. The van der Waals surface area contributed by atoms with E-state index in [2.05, 4.69) is 4.72 Å². The second-order valence-corrected chi connectivity index (χ2v) is 6.66. The van der Waals surface area contributed by atoms with Crippen molar-refractivity contribution in [3.63, 3.8) is 0 Å². The molecule has 2 rings (SSSR count). The molecule has 20 heavy (non-hydrogen) atoms. The average molecular weight is 310 g/mol. The summed E-state index contributed by atoms with van der Waals surface area (Å²) < 4.78 is 27.2. The van der Waals surface area contributed by atoms with Crippen LogP contribution in [-0.2, 0) is 15.9 Å². The lowest BCUT2D eigenvalue weighted by molar-refractivity contribution is 0.601. The number of alkyl halides is 1. The standard InChI is InChI=1S/C15H16ClNO2S/c1-11-3-6-14(7-4-11)20(18,19)17-15-8-5-12(2)9-13(15)10-16/h3-9,17H,10H2,1-2H3. The quantitative estimate of drug-likeness (QED) is 0.872. The van der Waals surface area contributed by atoms with E-state index < -0.39 is 10.0 Å². The van der Waals surface area contributed by atoms with Gasteiger partial charge in [0.25, 0.3) is 10.0 Å². The van der Waals surface area contributed by atoms with Crippen LogP contribution in [0.2, 0.25) is 0 Å². The second kappa shape index (κ2) is 5.85. The fourth-order valence-electron chi connectivity index (χ4n) is 1.85. The van der Waals surface area contributed by atoms with Gasteiger partial charge in [-0.2, -0.15) is 0 Å². The van der Waals surface area contributed by atoms with E-state index in [1.807, 2.05) is 26.0 Å². The van der Waals surface area contributed by atoms with Crippen molar-refractivity contribution >= 4 is 27.3 Å². The van der Waals surface area contributed by atoms with E-state index in [1.54, 1.807) is 30.3 Å². The second-order valence-electron chi connectivity index (χ2n) is 4.71. The zero-order chi connectivity index (χ0) is 14.8. The van der Waals surface area contributed by atoms with Gasteiger partial charge in [-0.05, 0) is 37.6 Å². The van der Waals surface area contributed by atoms with Gasteiger partial charge in [-0.1, -0.05) is 35.4 Å². The number of sulfonamides is 1. The summed E-state index contributed by atoms with van der Waals surface area (Å²) in [6.07, 6.45) is 0. The van der Waals surface area contributed by atoms with Crippen molar-refractivity contribution in [1.29, 1.82) is 0 Å². The van der Waals surface area contributed by atoms with E-state index in [0.717, 1.165) is 16.7 Å². The van der Waals surface area contributed by atoms with Crippen molar-refractivity contribution in [3.8, 4) is 0 Å². The fourth-order valence-corrected chi connectivity index (χ4v) is 3.18. The van der Waals surface area contributed by atoms with Crippen LogP contribution in [0.5, 0.6) is 0 Å². The van der Waals surface area contributed by atoms with E-state index >= 15 is 0 Å². The van der Waals surface area contributed by atoms with Gasteiger partial charge in [0.05, 0.1) is 10.6 Å². The molecule has 0 fully saturated rings. The van der Waals surface area contributed by atoms with Crippen LogP contribution in [0.1, 0.15) is 16.7 Å². The van der Waals surface area contributed by atoms with Crippen LogP contribution >= 0.6 is 11.6 Å². The molecule has 0 amide bonds. The van der Waals surface area contributed by atoms with Crippen molar-refractivity contribution < 1.29 is 8.42 Å². The van der Waals surface area contributed by atoms with Gasteiger partial charge in [-0.3, -0.25) is 4.72 Å². The van der Waals surface area contributed by atoms with Crippen LogP contribution < -0.4 is 4.72 Å². The molecule has 5 heteroatoms. The number of nitrogens with one attached hydrogen (secondary N) is 1. The Hall–Kier alpha value is -1.52. The van der Waals surface area contributed by atoms with Crippen LogP contribution in [0.25, 0.3) is 0 Å². The lowest BCUT2D eigenvalue weighted by Gasteiger charge is -2.12. The van der Waals surface area contributed by atoms with E-state index in [9.17, 15) is 8.42 Å². The lowest BCUT2D eigenvalue weighted by Crippen LogP contribution is -2.14. The first-order valence-electron chi connectivity index (χ1n) is 6.17. The third-order valence-electron chi connectivity index (χ3n) is 2.98. The van der Waals surface area contributed by atoms with Gasteiger partial charge in [0, 0.05) is 5.88 Å². The largest absolute Gasteiger partial charge is 0.279 e. The fraction of sp³-hybridized carbons (Fsp3) is 0.200. The highest BCUT2D eigenvalue weighted by Crippen LogP contribution is 2.23. The molecule has 0 aromatic heterocycles. The van der Waals surface area contributed by atoms with Gasteiger partial charge in [-0.25, -0.2) is 8.42 Å². The van der Waals surface area contributed by atoms with Gasteiger partial charge in [0.1, 0.15) is 0 Å². The Morgan fingerprint density at radius 1 is 1.00 bits per heavy atom. The SMILES string of the molecule is Cc1ccc(S(=O)(=O)Nc2ccc(C)cc2CCl)cc1. The maximum atomic E-state index is 12.3. The molecule has 0 heterocycles. The monoisotopic (exact) mass is 309 g/mol. The predicted molar refractivity (Wildman–Crippen MR) is 82.7 cm³/mol. The zero-order valence-corrected chi connectivity index (χ0v) is 12.9. The predicted octanol–water partition coefficient (Wildman–Crippen LogP) is 3.84. The first-order chi connectivity index (χ1) is 9.42. The number of anilines is 1. The Bertz CT molecular complexity index is 709. The number of hydrogen-bond donors (Lipinski definition) is 1. The first-order valence-corrected chi connectivity index (χ1v) is 8.19. The molecule has 0 unspecified atom stereocenters. The van der Waals surface area contributed by atoms with Crippen LogP contribution in [0.15, 0.2) is 47.4 Å². The third kappa shape index (κ3) is 3.32. The van der Waals surface area contributed by atoms with Crippen LogP contribution in [0.4, 0.5) is 5.69 Å². The minimum Gasteiger partial charge on any atom is -0.279 e. The molecule has 106 valence electrons. The summed E-state index contributed by atoms with van der Waals surface area (Å²) in [6, 6.07) is 12.2. The molecule has 0 radical (unpaired) electrons. The highest BCUT2D eigenvalue weighted by atomic mass is 35.5. The summed E-state index contributed by atoms with van der Waals surface area (Å²) >= 11 is 5.86. The Morgan fingerprint density at radius 3 is 2.20 bits per heavy atom. The first kappa shape index (κ1) is 14.9. The van der Waals surface area contributed by atoms with E-state index in [-0.39, 0.29) is 10.8 Å². The molecule has 0 spiro atoms. The number of rotatable bonds is 4. The Morgan fingerprint density at radius 2 is 1.60 bits per heavy atom. The molecular formula is C15H16ClNO2S. The van der Waals surface area contributed by atoms with Gasteiger partial charge < -0.3 is 0 Å². The van der Waals surface area contributed by atoms with Gasteiger partial charge in [0.2, 0.25) is 0 Å². The summed E-state index contributed by atoms with van der Waals surface area (Å²) in [5.41, 5.74) is 3.34. The lowest BCUT2D eigenvalue weighted by atomic mass is 10.1. The van der Waals surface area contributed by atoms with Crippen molar-refractivity contribution in [1.82, 2.24) is 0 Å². The Balaban J connectivity index is 2.35. The molecule has 0 aliphatic rings. The Labute approximate surface area is 124 Å². The molecule has 0 aliphatic carbocycles. The summed E-state index contributed by atoms with van der Waals surface area (Å²) in [5.74, 6) is 0.257. The third-order valence-corrected chi connectivity index (χ3v) is 4.65. The molecule has 0 saturated carbocycles. The normalized spacial score (nSPS) is 11.3. The molecule has 1 N–H and O–H groups in total. The van der Waals surface area contributed by atoms with Gasteiger partial charge >= 0.3 is 0 Å². The van der Waals surface area contributed by atoms with E-state index in [4.69, 9.17) is 11.6 Å². The number of aryl methyl sites for hydroxylation is 2. The molecule has 0 bridgehead atoms. The van der Waals surface area contributed by atoms with Gasteiger partial charge in [0.15, 0.2) is 0 Å².